The van der Waals surface area contributed by atoms with Crippen LogP contribution in [-0.4, -0.2) is 34.8 Å². The monoisotopic (exact) mass is 266 g/mol. The van der Waals surface area contributed by atoms with Crippen LogP contribution in [-0.2, 0) is 9.84 Å². The minimum absolute atomic E-state index is 0.170. The summed E-state index contributed by atoms with van der Waals surface area (Å²) < 4.78 is 22.9. The van der Waals surface area contributed by atoms with Crippen LogP contribution in [0.3, 0.4) is 0 Å². The Bertz CT molecular complexity index is 661. The molecule has 0 aromatic carbocycles. The summed E-state index contributed by atoms with van der Waals surface area (Å²) in [5.74, 6) is 0.225. The molecule has 0 atom stereocenters. The van der Waals surface area contributed by atoms with Crippen molar-refractivity contribution in [2.75, 3.05) is 6.26 Å². The van der Waals surface area contributed by atoms with Crippen molar-refractivity contribution in [2.45, 2.75) is 24.9 Å². The number of hydrogen-bond donors (Lipinski definition) is 1. The molecule has 0 aliphatic rings. The minimum Gasteiger partial charge on any atom is -0.285 e. The normalized spacial score (nSPS) is 12.0. The molecule has 2 aromatic heterocycles. The first-order chi connectivity index (χ1) is 8.39. The maximum absolute atomic E-state index is 11.4. The van der Waals surface area contributed by atoms with Gasteiger partial charge in [-0.3, -0.25) is 5.10 Å². The van der Waals surface area contributed by atoms with Gasteiger partial charge in [0.25, 0.3) is 0 Å². The van der Waals surface area contributed by atoms with Crippen LogP contribution in [0.2, 0.25) is 0 Å². The van der Waals surface area contributed by atoms with Gasteiger partial charge in [0.15, 0.2) is 0 Å². The lowest BCUT2D eigenvalue weighted by atomic mass is 10.0. The summed E-state index contributed by atoms with van der Waals surface area (Å²) in [6.07, 6.45) is 4.24. The molecule has 0 spiro atoms. The Morgan fingerprint density at radius 2 is 2.06 bits per heavy atom. The quantitative estimate of drug-likeness (QED) is 0.848. The lowest BCUT2D eigenvalue weighted by molar-refractivity contribution is 0.593. The van der Waals surface area contributed by atoms with E-state index in [1.54, 1.807) is 12.3 Å². The molecular formula is C11H14N4O2S. The van der Waals surface area contributed by atoms with Gasteiger partial charge in [0.2, 0.25) is 15.0 Å². The van der Waals surface area contributed by atoms with Crippen molar-refractivity contribution in [1.29, 1.82) is 0 Å². The van der Waals surface area contributed by atoms with Gasteiger partial charge in [-0.05, 0) is 12.0 Å². The summed E-state index contributed by atoms with van der Waals surface area (Å²) in [4.78, 5) is 7.84. The molecule has 6 nitrogen and oxygen atoms in total. The standard InChI is InChI=1S/C11H14N4O2S/c1-7(2)10-8(6-13-15-10)9-4-5-12-11(14-9)18(3,16)17/h4-7H,1-3H3,(H,13,15). The highest BCUT2D eigenvalue weighted by atomic mass is 32.2. The van der Waals surface area contributed by atoms with E-state index in [2.05, 4.69) is 20.2 Å². The van der Waals surface area contributed by atoms with Gasteiger partial charge in [-0.15, -0.1) is 0 Å². The van der Waals surface area contributed by atoms with Crippen LogP contribution in [0.25, 0.3) is 11.3 Å². The van der Waals surface area contributed by atoms with Crippen molar-refractivity contribution in [2.24, 2.45) is 0 Å². The van der Waals surface area contributed by atoms with Crippen molar-refractivity contribution >= 4 is 9.84 Å². The van der Waals surface area contributed by atoms with Crippen LogP contribution in [0.1, 0.15) is 25.5 Å². The molecule has 2 heterocycles. The third-order valence-corrected chi connectivity index (χ3v) is 3.32. The van der Waals surface area contributed by atoms with Gasteiger partial charge in [0.1, 0.15) is 0 Å². The van der Waals surface area contributed by atoms with E-state index in [9.17, 15) is 8.42 Å². The van der Waals surface area contributed by atoms with Gasteiger partial charge in [-0.25, -0.2) is 18.4 Å². The lowest BCUT2D eigenvalue weighted by Gasteiger charge is -2.05. The zero-order valence-electron chi connectivity index (χ0n) is 10.4. The van der Waals surface area contributed by atoms with Gasteiger partial charge in [-0.1, -0.05) is 13.8 Å². The maximum Gasteiger partial charge on any atom is 0.247 e. The van der Waals surface area contributed by atoms with Crippen LogP contribution < -0.4 is 0 Å². The van der Waals surface area contributed by atoms with Crippen LogP contribution in [0, 0.1) is 0 Å². The summed E-state index contributed by atoms with van der Waals surface area (Å²) in [7, 11) is -3.40. The molecule has 7 heteroatoms. The number of H-pyrrole nitrogens is 1. The molecule has 0 saturated carbocycles. The van der Waals surface area contributed by atoms with Crippen molar-refractivity contribution in [1.82, 2.24) is 20.2 Å². The zero-order chi connectivity index (χ0) is 13.3. The van der Waals surface area contributed by atoms with E-state index >= 15 is 0 Å². The Kier molecular flexibility index (Phi) is 3.16. The van der Waals surface area contributed by atoms with E-state index in [0.717, 1.165) is 17.5 Å². The predicted octanol–water partition coefficient (Wildman–Crippen LogP) is 1.39. The van der Waals surface area contributed by atoms with Gasteiger partial charge in [0.05, 0.1) is 11.4 Å². The fourth-order valence-corrected chi connectivity index (χ4v) is 2.13. The Morgan fingerprint density at radius 3 is 2.67 bits per heavy atom. The number of aromatic nitrogens is 4. The van der Waals surface area contributed by atoms with Crippen LogP contribution in [0.4, 0.5) is 0 Å². The summed E-state index contributed by atoms with van der Waals surface area (Å²) in [6.45, 7) is 4.02. The molecular weight excluding hydrogens is 252 g/mol. The minimum atomic E-state index is -3.40. The highest BCUT2D eigenvalue weighted by molar-refractivity contribution is 7.90. The number of sulfone groups is 1. The predicted molar refractivity (Wildman–Crippen MR) is 66.8 cm³/mol. The Labute approximate surface area is 105 Å². The Hall–Kier alpha value is -1.76. The van der Waals surface area contributed by atoms with Crippen molar-refractivity contribution < 1.29 is 8.42 Å². The third kappa shape index (κ3) is 2.40. The molecule has 1 N–H and O–H groups in total. The van der Waals surface area contributed by atoms with E-state index in [-0.39, 0.29) is 11.1 Å². The SMILES string of the molecule is CC(C)c1n[nH]cc1-c1ccnc(S(C)(=O)=O)n1. The van der Waals surface area contributed by atoms with E-state index in [0.29, 0.717) is 5.69 Å². The third-order valence-electron chi connectivity index (χ3n) is 2.46. The molecule has 0 saturated heterocycles. The second-order valence-corrected chi connectivity index (χ2v) is 6.24. The molecule has 2 aromatic rings. The molecule has 96 valence electrons. The van der Waals surface area contributed by atoms with Crippen molar-refractivity contribution in [3.8, 4) is 11.3 Å². The maximum atomic E-state index is 11.4. The first-order valence-electron chi connectivity index (χ1n) is 5.46. The van der Waals surface area contributed by atoms with Gasteiger partial charge >= 0.3 is 0 Å². The van der Waals surface area contributed by atoms with Gasteiger partial charge in [-0.2, -0.15) is 5.10 Å². The summed E-state index contributed by atoms with van der Waals surface area (Å²) in [5.41, 5.74) is 2.22. The fourth-order valence-electron chi connectivity index (χ4n) is 1.62. The fraction of sp³-hybridized carbons (Fsp3) is 0.364. The second kappa shape index (κ2) is 4.49. The average molecular weight is 266 g/mol. The molecule has 0 aliphatic heterocycles. The molecule has 0 unspecified atom stereocenters. The molecule has 0 fully saturated rings. The zero-order valence-corrected chi connectivity index (χ0v) is 11.2. The first kappa shape index (κ1) is 12.7. The highest BCUT2D eigenvalue weighted by Crippen LogP contribution is 2.25. The molecule has 0 radical (unpaired) electrons. The van der Waals surface area contributed by atoms with E-state index in [4.69, 9.17) is 0 Å². The molecule has 2 rings (SSSR count). The topological polar surface area (TPSA) is 88.6 Å². The summed E-state index contributed by atoms with van der Waals surface area (Å²) in [5, 5.41) is 6.76. The number of rotatable bonds is 3. The largest absolute Gasteiger partial charge is 0.285 e. The Morgan fingerprint density at radius 1 is 1.33 bits per heavy atom. The van der Waals surface area contributed by atoms with Gasteiger partial charge in [0, 0.05) is 24.2 Å². The number of aromatic amines is 1. The molecule has 0 aliphatic carbocycles. The first-order valence-corrected chi connectivity index (χ1v) is 7.36. The smallest absolute Gasteiger partial charge is 0.247 e. The number of hydrogen-bond acceptors (Lipinski definition) is 5. The van der Waals surface area contributed by atoms with Crippen LogP contribution >= 0.6 is 0 Å². The van der Waals surface area contributed by atoms with Crippen molar-refractivity contribution in [3.63, 3.8) is 0 Å². The molecule has 0 amide bonds. The van der Waals surface area contributed by atoms with E-state index in [1.807, 2.05) is 13.8 Å². The second-order valence-electron chi connectivity index (χ2n) is 4.34. The lowest BCUT2D eigenvalue weighted by Crippen LogP contribution is -2.04. The van der Waals surface area contributed by atoms with Crippen LogP contribution in [0.15, 0.2) is 23.6 Å². The van der Waals surface area contributed by atoms with Crippen molar-refractivity contribution in [3.05, 3.63) is 24.2 Å². The summed E-state index contributed by atoms with van der Waals surface area (Å²) >= 11 is 0. The average Bonchev–Trinajstić information content (AvgIpc) is 2.77. The summed E-state index contributed by atoms with van der Waals surface area (Å²) in [6, 6.07) is 1.67. The van der Waals surface area contributed by atoms with Gasteiger partial charge < -0.3 is 0 Å². The van der Waals surface area contributed by atoms with E-state index < -0.39 is 9.84 Å². The Balaban J connectivity index is 2.55. The van der Waals surface area contributed by atoms with E-state index in [1.165, 1.54) is 6.20 Å². The molecule has 0 bridgehead atoms. The van der Waals surface area contributed by atoms with Crippen LogP contribution in [0.5, 0.6) is 0 Å². The highest BCUT2D eigenvalue weighted by Gasteiger charge is 2.16. The number of nitrogens with zero attached hydrogens (tertiary/aromatic N) is 3. The number of nitrogens with one attached hydrogen (secondary N) is 1. The molecule has 18 heavy (non-hydrogen) atoms.